The zero-order valence-corrected chi connectivity index (χ0v) is 11.5. The van der Waals surface area contributed by atoms with Crippen LogP contribution in [-0.2, 0) is 0 Å². The van der Waals surface area contributed by atoms with E-state index in [0.29, 0.717) is 11.7 Å². The second-order valence-electron chi connectivity index (χ2n) is 5.17. The molecule has 0 aromatic carbocycles. The van der Waals surface area contributed by atoms with E-state index >= 15 is 0 Å². The molecule has 0 saturated carbocycles. The molecule has 6 heteroatoms. The lowest BCUT2D eigenvalue weighted by Gasteiger charge is -2.31. The van der Waals surface area contributed by atoms with Gasteiger partial charge in [0.1, 0.15) is 5.76 Å². The summed E-state index contributed by atoms with van der Waals surface area (Å²) in [7, 11) is 1.94. The normalized spacial score (nSPS) is 20.6. The molecule has 0 amide bonds. The smallest absolute Gasteiger partial charge is 0.290 e. The summed E-state index contributed by atoms with van der Waals surface area (Å²) in [5.74, 6) is 0.745. The van der Waals surface area contributed by atoms with E-state index in [0.717, 1.165) is 30.8 Å². The maximum atomic E-state index is 12.0. The number of nitrogens with one attached hydrogen (secondary N) is 1. The van der Waals surface area contributed by atoms with Gasteiger partial charge in [-0.15, -0.1) is 4.74 Å². The molecule has 2 heterocycles. The number of hydrogen-bond donors (Lipinski definition) is 1. The Bertz CT molecular complexity index is 490. The van der Waals surface area contributed by atoms with Gasteiger partial charge in [0.2, 0.25) is 0 Å². The molecule has 0 radical (unpaired) electrons. The number of nitrogens with zero attached hydrogens (tertiary/aromatic N) is 2. The minimum absolute atomic E-state index is 0.243. The molecule has 1 aromatic heterocycles. The van der Waals surface area contributed by atoms with Crippen molar-refractivity contribution in [2.24, 2.45) is 5.92 Å². The first-order valence-corrected chi connectivity index (χ1v) is 6.70. The maximum absolute atomic E-state index is 12.0. The summed E-state index contributed by atoms with van der Waals surface area (Å²) in [4.78, 5) is 25.6. The van der Waals surface area contributed by atoms with Gasteiger partial charge in [0.25, 0.3) is 11.5 Å². The predicted molar refractivity (Wildman–Crippen MR) is 71.4 cm³/mol. The van der Waals surface area contributed by atoms with Gasteiger partial charge in [0.05, 0.1) is 6.54 Å². The molecule has 2 rings (SSSR count). The first-order valence-electron chi connectivity index (χ1n) is 6.70. The van der Waals surface area contributed by atoms with Crippen molar-refractivity contribution in [3.05, 3.63) is 22.2 Å². The Morgan fingerprint density at radius 3 is 3.00 bits per heavy atom. The zero-order valence-electron chi connectivity index (χ0n) is 11.5. The molecule has 1 aromatic rings. The van der Waals surface area contributed by atoms with Crippen molar-refractivity contribution >= 4 is 5.91 Å². The fourth-order valence-electron chi connectivity index (χ4n) is 2.63. The van der Waals surface area contributed by atoms with Gasteiger partial charge >= 0.3 is 0 Å². The van der Waals surface area contributed by atoms with Crippen molar-refractivity contribution in [3.63, 3.8) is 0 Å². The van der Waals surface area contributed by atoms with E-state index in [1.807, 2.05) is 7.05 Å². The predicted octanol–water partition coefficient (Wildman–Crippen LogP) is 0.321. The van der Waals surface area contributed by atoms with Gasteiger partial charge in [0, 0.05) is 12.6 Å². The molecule has 1 aliphatic rings. The van der Waals surface area contributed by atoms with Crippen LogP contribution in [-0.4, -0.2) is 48.8 Å². The highest BCUT2D eigenvalue weighted by molar-refractivity contribution is 5.79. The average molecular weight is 267 g/mol. The van der Waals surface area contributed by atoms with Crippen molar-refractivity contribution < 1.29 is 9.32 Å². The fourth-order valence-corrected chi connectivity index (χ4v) is 2.63. The lowest BCUT2D eigenvalue weighted by atomic mass is 9.98. The van der Waals surface area contributed by atoms with Crippen LogP contribution in [0, 0.1) is 12.8 Å². The van der Waals surface area contributed by atoms with E-state index in [-0.39, 0.29) is 18.0 Å². The summed E-state index contributed by atoms with van der Waals surface area (Å²) in [6, 6.07) is 1.33. The Labute approximate surface area is 112 Å². The molecule has 1 saturated heterocycles. The van der Waals surface area contributed by atoms with Gasteiger partial charge in [-0.1, -0.05) is 0 Å². The van der Waals surface area contributed by atoms with E-state index in [1.165, 1.54) is 12.5 Å². The number of carbonyl (C=O) groups excluding carboxylic acids is 1. The second-order valence-corrected chi connectivity index (χ2v) is 5.17. The van der Waals surface area contributed by atoms with E-state index in [9.17, 15) is 9.59 Å². The number of hydrogen-bond acceptors (Lipinski definition) is 5. The van der Waals surface area contributed by atoms with Crippen LogP contribution in [0.2, 0.25) is 0 Å². The van der Waals surface area contributed by atoms with Gasteiger partial charge in [0.15, 0.2) is 0 Å². The number of aromatic nitrogens is 1. The van der Waals surface area contributed by atoms with Gasteiger partial charge in [-0.25, -0.2) is 0 Å². The van der Waals surface area contributed by atoms with Crippen molar-refractivity contribution in [2.45, 2.75) is 19.8 Å². The van der Waals surface area contributed by atoms with Crippen LogP contribution in [0.4, 0.5) is 0 Å². The monoisotopic (exact) mass is 267 g/mol. The van der Waals surface area contributed by atoms with Crippen LogP contribution in [0.3, 0.4) is 0 Å². The highest BCUT2D eigenvalue weighted by Gasteiger charge is 2.22. The molecular formula is C13H21N3O3. The number of rotatable bonds is 4. The standard InChI is InChI=1S/C13H21N3O3/c1-10-6-12(17)16(19-10)13(18)9-15-5-3-4-11(8-15)7-14-2/h6,11,14H,3-5,7-9H2,1-2H3. The van der Waals surface area contributed by atoms with E-state index in [4.69, 9.17) is 4.52 Å². The van der Waals surface area contributed by atoms with Crippen LogP contribution >= 0.6 is 0 Å². The molecule has 1 unspecified atom stereocenters. The third-order valence-corrected chi connectivity index (χ3v) is 3.44. The quantitative estimate of drug-likeness (QED) is 0.851. The van der Waals surface area contributed by atoms with Gasteiger partial charge in [-0.3, -0.25) is 14.5 Å². The Morgan fingerprint density at radius 2 is 2.37 bits per heavy atom. The second kappa shape index (κ2) is 6.16. The summed E-state index contributed by atoms with van der Waals surface area (Å²) in [6.45, 7) is 4.66. The Morgan fingerprint density at radius 1 is 1.58 bits per heavy atom. The minimum Gasteiger partial charge on any atom is -0.373 e. The summed E-state index contributed by atoms with van der Waals surface area (Å²) in [5, 5.41) is 3.17. The Hall–Kier alpha value is -1.40. The van der Waals surface area contributed by atoms with Crippen LogP contribution in [0.25, 0.3) is 0 Å². The third-order valence-electron chi connectivity index (χ3n) is 3.44. The van der Waals surface area contributed by atoms with Crippen molar-refractivity contribution in [2.75, 3.05) is 33.2 Å². The highest BCUT2D eigenvalue weighted by Crippen LogP contribution is 2.15. The summed E-state index contributed by atoms with van der Waals surface area (Å²) in [5.41, 5.74) is -0.383. The van der Waals surface area contributed by atoms with Gasteiger partial charge in [-0.05, 0) is 45.8 Å². The molecule has 1 aliphatic heterocycles. The lowest BCUT2D eigenvalue weighted by Crippen LogP contribution is -2.43. The number of likely N-dealkylation sites (tertiary alicyclic amines) is 1. The molecule has 1 fully saturated rings. The van der Waals surface area contributed by atoms with Gasteiger partial charge in [-0.2, -0.15) is 0 Å². The average Bonchev–Trinajstić information content (AvgIpc) is 2.69. The molecule has 0 bridgehead atoms. The van der Waals surface area contributed by atoms with Crippen LogP contribution in [0.1, 0.15) is 23.4 Å². The first-order chi connectivity index (χ1) is 9.10. The minimum atomic E-state index is -0.383. The summed E-state index contributed by atoms with van der Waals surface area (Å²) < 4.78 is 5.97. The van der Waals surface area contributed by atoms with Crippen molar-refractivity contribution in [1.29, 1.82) is 0 Å². The molecule has 6 nitrogen and oxygen atoms in total. The number of aryl methyl sites for hydroxylation is 1. The lowest BCUT2D eigenvalue weighted by molar-refractivity contribution is 0.0675. The molecular weight excluding hydrogens is 246 g/mol. The van der Waals surface area contributed by atoms with E-state index in [1.54, 1.807) is 6.92 Å². The van der Waals surface area contributed by atoms with Crippen molar-refractivity contribution in [1.82, 2.24) is 15.0 Å². The van der Waals surface area contributed by atoms with Crippen LogP contribution in [0.15, 0.2) is 15.4 Å². The zero-order chi connectivity index (χ0) is 13.8. The molecule has 1 N–H and O–H groups in total. The molecule has 0 spiro atoms. The molecule has 106 valence electrons. The molecule has 0 aliphatic carbocycles. The Balaban J connectivity index is 1.95. The largest absolute Gasteiger partial charge is 0.373 e. The number of carbonyl (C=O) groups is 1. The fraction of sp³-hybridized carbons (Fsp3) is 0.692. The topological polar surface area (TPSA) is 67.5 Å². The van der Waals surface area contributed by atoms with E-state index < -0.39 is 0 Å². The number of piperidine rings is 1. The highest BCUT2D eigenvalue weighted by atomic mass is 16.5. The van der Waals surface area contributed by atoms with Gasteiger partial charge < -0.3 is 9.84 Å². The maximum Gasteiger partial charge on any atom is 0.290 e. The first kappa shape index (κ1) is 14.0. The SMILES string of the molecule is CNCC1CCCN(CC(=O)n2oc(C)cc2=O)C1. The summed E-state index contributed by atoms with van der Waals surface area (Å²) in [6.07, 6.45) is 2.27. The molecule has 1 atom stereocenters. The Kier molecular flexibility index (Phi) is 4.55. The van der Waals surface area contributed by atoms with Crippen molar-refractivity contribution in [3.8, 4) is 0 Å². The van der Waals surface area contributed by atoms with Crippen LogP contribution < -0.4 is 10.9 Å². The summed E-state index contributed by atoms with van der Waals surface area (Å²) >= 11 is 0. The van der Waals surface area contributed by atoms with Crippen LogP contribution in [0.5, 0.6) is 0 Å². The van der Waals surface area contributed by atoms with E-state index in [2.05, 4.69) is 10.2 Å². The third kappa shape index (κ3) is 3.54. The molecule has 19 heavy (non-hydrogen) atoms.